The van der Waals surface area contributed by atoms with Crippen LogP contribution >= 0.6 is 11.6 Å². The summed E-state index contributed by atoms with van der Waals surface area (Å²) in [7, 11) is 1.63. The molecule has 0 unspecified atom stereocenters. The van der Waals surface area contributed by atoms with Gasteiger partial charge in [0, 0.05) is 17.0 Å². The minimum atomic E-state index is 0.0767. The molecule has 3 nitrogen and oxygen atoms in total. The molecule has 0 amide bonds. The van der Waals surface area contributed by atoms with Crippen LogP contribution in [-0.4, -0.2) is 25.4 Å². The van der Waals surface area contributed by atoms with E-state index in [-0.39, 0.29) is 12.0 Å². The molecule has 2 N–H and O–H groups in total. The van der Waals surface area contributed by atoms with Crippen molar-refractivity contribution in [3.63, 3.8) is 0 Å². The summed E-state index contributed by atoms with van der Waals surface area (Å²) in [6, 6.07) is 5.47. The molecule has 2 rings (SSSR count). The second-order valence-corrected chi connectivity index (χ2v) is 4.79. The van der Waals surface area contributed by atoms with Crippen molar-refractivity contribution in [3.8, 4) is 5.75 Å². The number of benzene rings is 1. The molecule has 0 heterocycles. The average molecular weight is 242 g/mol. The third-order valence-corrected chi connectivity index (χ3v) is 3.34. The first-order valence-electron chi connectivity index (χ1n) is 5.37. The lowest BCUT2D eigenvalue weighted by Gasteiger charge is -2.16. The Morgan fingerprint density at radius 3 is 2.81 bits per heavy atom. The van der Waals surface area contributed by atoms with Gasteiger partial charge in [0.15, 0.2) is 0 Å². The zero-order chi connectivity index (χ0) is 11.6. The van der Waals surface area contributed by atoms with Gasteiger partial charge in [-0.3, -0.25) is 0 Å². The van der Waals surface area contributed by atoms with Crippen molar-refractivity contribution in [2.24, 2.45) is 5.41 Å². The summed E-state index contributed by atoms with van der Waals surface area (Å²) in [6.45, 7) is 1.00. The molecule has 0 spiro atoms. The van der Waals surface area contributed by atoms with E-state index in [1.54, 1.807) is 13.2 Å². The van der Waals surface area contributed by atoms with Crippen LogP contribution in [0, 0.1) is 5.41 Å². The van der Waals surface area contributed by atoms with E-state index >= 15 is 0 Å². The van der Waals surface area contributed by atoms with Crippen molar-refractivity contribution in [3.05, 3.63) is 23.2 Å². The maximum absolute atomic E-state index is 9.22. The fourth-order valence-electron chi connectivity index (χ4n) is 1.67. The fraction of sp³-hybridized carbons (Fsp3) is 0.500. The van der Waals surface area contributed by atoms with E-state index in [2.05, 4.69) is 5.32 Å². The largest absolute Gasteiger partial charge is 0.495 e. The Bertz CT molecular complexity index is 377. The Morgan fingerprint density at radius 2 is 2.25 bits per heavy atom. The van der Waals surface area contributed by atoms with Crippen molar-refractivity contribution >= 4 is 17.3 Å². The predicted molar refractivity (Wildman–Crippen MR) is 65.2 cm³/mol. The van der Waals surface area contributed by atoms with Gasteiger partial charge in [-0.15, -0.1) is 0 Å². The van der Waals surface area contributed by atoms with Gasteiger partial charge in [0.25, 0.3) is 0 Å². The van der Waals surface area contributed by atoms with Crippen molar-refractivity contribution in [1.82, 2.24) is 0 Å². The molecule has 0 bridgehead atoms. The monoisotopic (exact) mass is 241 g/mol. The number of ether oxygens (including phenoxy) is 1. The Labute approximate surface area is 100 Å². The van der Waals surface area contributed by atoms with Gasteiger partial charge in [-0.1, -0.05) is 11.6 Å². The van der Waals surface area contributed by atoms with Crippen molar-refractivity contribution < 1.29 is 9.84 Å². The molecule has 16 heavy (non-hydrogen) atoms. The van der Waals surface area contributed by atoms with Crippen LogP contribution in [0.15, 0.2) is 18.2 Å². The maximum atomic E-state index is 9.22. The van der Waals surface area contributed by atoms with Crippen LogP contribution < -0.4 is 10.1 Å². The Kier molecular flexibility index (Phi) is 3.26. The smallest absolute Gasteiger partial charge is 0.142 e. The number of hydrogen-bond acceptors (Lipinski definition) is 3. The molecule has 0 aromatic heterocycles. The second kappa shape index (κ2) is 4.52. The van der Waals surface area contributed by atoms with E-state index in [1.807, 2.05) is 12.1 Å². The minimum absolute atomic E-state index is 0.0767. The summed E-state index contributed by atoms with van der Waals surface area (Å²) in [6.07, 6.45) is 2.17. The van der Waals surface area contributed by atoms with Gasteiger partial charge in [0.2, 0.25) is 0 Å². The molecule has 0 saturated heterocycles. The molecule has 0 atom stereocenters. The lowest BCUT2D eigenvalue weighted by molar-refractivity contribution is 0.219. The fourth-order valence-corrected chi connectivity index (χ4v) is 1.84. The van der Waals surface area contributed by atoms with Crippen LogP contribution in [0.1, 0.15) is 12.8 Å². The van der Waals surface area contributed by atoms with Crippen LogP contribution in [0.2, 0.25) is 5.02 Å². The zero-order valence-corrected chi connectivity index (χ0v) is 10.0. The molecular formula is C12H16ClNO2. The van der Waals surface area contributed by atoms with E-state index in [0.29, 0.717) is 5.02 Å². The summed E-state index contributed by atoms with van der Waals surface area (Å²) in [4.78, 5) is 0. The Balaban J connectivity index is 2.05. The second-order valence-electron chi connectivity index (χ2n) is 4.36. The van der Waals surface area contributed by atoms with E-state index < -0.39 is 0 Å². The highest BCUT2D eigenvalue weighted by Gasteiger charge is 2.41. The number of hydrogen-bond donors (Lipinski definition) is 2. The normalized spacial score (nSPS) is 16.9. The summed E-state index contributed by atoms with van der Waals surface area (Å²) in [5.74, 6) is 0.776. The van der Waals surface area contributed by atoms with Crippen LogP contribution in [0.25, 0.3) is 0 Å². The SMILES string of the molecule is COc1ccc(Cl)cc1NCC1(CO)CC1. The standard InChI is InChI=1S/C12H16ClNO2/c1-16-11-3-2-9(13)6-10(11)14-7-12(8-15)4-5-12/h2-3,6,14-15H,4-5,7-8H2,1H3. The average Bonchev–Trinajstić information content (AvgIpc) is 3.07. The van der Waals surface area contributed by atoms with Crippen molar-refractivity contribution in [2.75, 3.05) is 25.6 Å². The third kappa shape index (κ3) is 2.42. The lowest BCUT2D eigenvalue weighted by Crippen LogP contribution is -2.19. The maximum Gasteiger partial charge on any atom is 0.142 e. The van der Waals surface area contributed by atoms with Gasteiger partial charge in [0.05, 0.1) is 19.4 Å². The van der Waals surface area contributed by atoms with Crippen molar-refractivity contribution in [2.45, 2.75) is 12.8 Å². The van der Waals surface area contributed by atoms with Gasteiger partial charge in [-0.25, -0.2) is 0 Å². The number of aliphatic hydroxyl groups is 1. The topological polar surface area (TPSA) is 41.5 Å². The van der Waals surface area contributed by atoms with E-state index in [1.165, 1.54) is 0 Å². The molecule has 1 aromatic rings. The first kappa shape index (κ1) is 11.6. The summed E-state index contributed by atoms with van der Waals surface area (Å²) in [5.41, 5.74) is 0.961. The lowest BCUT2D eigenvalue weighted by atomic mass is 10.1. The highest BCUT2D eigenvalue weighted by atomic mass is 35.5. The number of halogens is 1. The summed E-state index contributed by atoms with van der Waals surface area (Å²) >= 11 is 5.93. The quantitative estimate of drug-likeness (QED) is 0.833. The predicted octanol–water partition coefficient (Wildman–Crippen LogP) is 2.53. The van der Waals surface area contributed by atoms with Crippen LogP contribution in [0.4, 0.5) is 5.69 Å². The van der Waals surface area contributed by atoms with E-state index in [0.717, 1.165) is 30.8 Å². The summed E-state index contributed by atoms with van der Waals surface area (Å²) < 4.78 is 5.24. The molecule has 1 aliphatic carbocycles. The van der Waals surface area contributed by atoms with Gasteiger partial charge in [-0.05, 0) is 31.0 Å². The van der Waals surface area contributed by atoms with Gasteiger partial charge in [-0.2, -0.15) is 0 Å². The molecule has 4 heteroatoms. The molecule has 1 aromatic carbocycles. The van der Waals surface area contributed by atoms with Gasteiger partial charge >= 0.3 is 0 Å². The number of anilines is 1. The third-order valence-electron chi connectivity index (χ3n) is 3.11. The molecule has 1 aliphatic rings. The molecular weight excluding hydrogens is 226 g/mol. The molecule has 0 radical (unpaired) electrons. The number of methoxy groups -OCH3 is 1. The van der Waals surface area contributed by atoms with Crippen LogP contribution in [0.3, 0.4) is 0 Å². The van der Waals surface area contributed by atoms with Crippen LogP contribution in [-0.2, 0) is 0 Å². The minimum Gasteiger partial charge on any atom is -0.495 e. The highest BCUT2D eigenvalue weighted by molar-refractivity contribution is 6.30. The number of aliphatic hydroxyl groups excluding tert-OH is 1. The van der Waals surface area contributed by atoms with Gasteiger partial charge < -0.3 is 15.2 Å². The molecule has 1 fully saturated rings. The molecule has 88 valence electrons. The highest BCUT2D eigenvalue weighted by Crippen LogP contribution is 2.45. The zero-order valence-electron chi connectivity index (χ0n) is 9.29. The van der Waals surface area contributed by atoms with E-state index in [9.17, 15) is 5.11 Å². The first-order chi connectivity index (χ1) is 7.69. The van der Waals surface area contributed by atoms with E-state index in [4.69, 9.17) is 16.3 Å². The Hall–Kier alpha value is -0.930. The Morgan fingerprint density at radius 1 is 1.50 bits per heavy atom. The molecule has 1 saturated carbocycles. The number of nitrogens with one attached hydrogen (secondary N) is 1. The number of rotatable bonds is 5. The van der Waals surface area contributed by atoms with Crippen LogP contribution in [0.5, 0.6) is 5.75 Å². The van der Waals surface area contributed by atoms with Gasteiger partial charge in [0.1, 0.15) is 5.75 Å². The van der Waals surface area contributed by atoms with Crippen molar-refractivity contribution in [1.29, 1.82) is 0 Å². The molecule has 0 aliphatic heterocycles. The summed E-state index contributed by atoms with van der Waals surface area (Å²) in [5, 5.41) is 13.2. The first-order valence-corrected chi connectivity index (χ1v) is 5.75.